The SMILES string of the molecule is N#Cc1ccccc1-c1ccc(-c2ccc(-c3ccc4ccc5cccnc5c4n3)cc2)c2ccccc12. The van der Waals surface area contributed by atoms with Gasteiger partial charge in [-0.05, 0) is 45.7 Å². The van der Waals surface area contributed by atoms with Crippen LogP contribution in [0, 0.1) is 11.3 Å². The highest BCUT2D eigenvalue weighted by molar-refractivity contribution is 6.06. The molecule has 0 aliphatic rings. The highest BCUT2D eigenvalue weighted by Gasteiger charge is 2.12. The van der Waals surface area contributed by atoms with Gasteiger partial charge in [-0.1, -0.05) is 103 Å². The van der Waals surface area contributed by atoms with Crippen molar-refractivity contribution in [1.82, 2.24) is 9.97 Å². The van der Waals surface area contributed by atoms with Gasteiger partial charge >= 0.3 is 0 Å². The van der Waals surface area contributed by atoms with Crippen molar-refractivity contribution >= 4 is 32.6 Å². The molecule has 2 aromatic heterocycles. The molecule has 0 atom stereocenters. The van der Waals surface area contributed by atoms with E-state index in [1.807, 2.05) is 36.5 Å². The van der Waals surface area contributed by atoms with Gasteiger partial charge in [0.1, 0.15) is 0 Å². The molecule has 0 saturated heterocycles. The molecule has 0 N–H and O–H groups in total. The number of hydrogen-bond acceptors (Lipinski definition) is 3. The van der Waals surface area contributed by atoms with Crippen LogP contribution in [-0.2, 0) is 0 Å². The third-order valence-electron chi connectivity index (χ3n) is 7.19. The second-order valence-electron chi connectivity index (χ2n) is 9.35. The molecule has 176 valence electrons. The Morgan fingerprint density at radius 2 is 1.16 bits per heavy atom. The Labute approximate surface area is 220 Å². The first-order valence-corrected chi connectivity index (χ1v) is 12.6. The average Bonchev–Trinajstić information content (AvgIpc) is 3.00. The second-order valence-corrected chi connectivity index (χ2v) is 9.35. The van der Waals surface area contributed by atoms with Gasteiger partial charge in [-0.2, -0.15) is 5.26 Å². The lowest BCUT2D eigenvalue weighted by molar-refractivity contribution is 1.37. The molecule has 0 bridgehead atoms. The van der Waals surface area contributed by atoms with Crippen molar-refractivity contribution in [2.45, 2.75) is 0 Å². The first-order valence-electron chi connectivity index (χ1n) is 12.6. The zero-order valence-electron chi connectivity index (χ0n) is 20.5. The van der Waals surface area contributed by atoms with E-state index in [1.54, 1.807) is 0 Å². The summed E-state index contributed by atoms with van der Waals surface area (Å²) < 4.78 is 0. The summed E-state index contributed by atoms with van der Waals surface area (Å²) in [6, 6.07) is 43.8. The summed E-state index contributed by atoms with van der Waals surface area (Å²) in [5, 5.41) is 14.1. The van der Waals surface area contributed by atoms with E-state index >= 15 is 0 Å². The molecule has 3 nitrogen and oxygen atoms in total. The van der Waals surface area contributed by atoms with Crippen LogP contribution in [0.2, 0.25) is 0 Å². The van der Waals surface area contributed by atoms with Crippen LogP contribution in [0.4, 0.5) is 0 Å². The van der Waals surface area contributed by atoms with E-state index in [4.69, 9.17) is 4.98 Å². The van der Waals surface area contributed by atoms with E-state index in [9.17, 15) is 5.26 Å². The molecule has 0 unspecified atom stereocenters. The maximum absolute atomic E-state index is 9.66. The lowest BCUT2D eigenvalue weighted by Gasteiger charge is -2.13. The summed E-state index contributed by atoms with van der Waals surface area (Å²) in [5.74, 6) is 0. The van der Waals surface area contributed by atoms with E-state index in [-0.39, 0.29) is 0 Å². The average molecular weight is 484 g/mol. The van der Waals surface area contributed by atoms with Gasteiger partial charge in [0.25, 0.3) is 0 Å². The molecule has 2 heterocycles. The fourth-order valence-electron chi connectivity index (χ4n) is 5.31. The summed E-state index contributed by atoms with van der Waals surface area (Å²) in [4.78, 5) is 9.58. The summed E-state index contributed by atoms with van der Waals surface area (Å²) in [6.07, 6.45) is 1.82. The third-order valence-corrected chi connectivity index (χ3v) is 7.19. The normalized spacial score (nSPS) is 11.1. The molecule has 0 spiro atoms. The lowest BCUT2D eigenvalue weighted by atomic mass is 9.90. The minimum Gasteiger partial charge on any atom is -0.254 e. The number of fused-ring (bicyclic) bond motifs is 4. The molecule has 0 fully saturated rings. The molecule has 0 radical (unpaired) electrons. The maximum atomic E-state index is 9.66. The van der Waals surface area contributed by atoms with E-state index in [2.05, 4.69) is 102 Å². The zero-order chi connectivity index (χ0) is 25.5. The molecular formula is C35H21N3. The number of nitrogens with zero attached hydrogens (tertiary/aromatic N) is 3. The van der Waals surface area contributed by atoms with Crippen LogP contribution < -0.4 is 0 Å². The molecule has 3 heteroatoms. The monoisotopic (exact) mass is 483 g/mol. The molecule has 0 amide bonds. The largest absolute Gasteiger partial charge is 0.254 e. The number of pyridine rings is 2. The summed E-state index contributed by atoms with van der Waals surface area (Å²) in [7, 11) is 0. The smallest absolute Gasteiger partial charge is 0.0998 e. The Balaban J connectivity index is 1.32. The topological polar surface area (TPSA) is 49.6 Å². The molecule has 0 aliphatic heterocycles. The molecule has 7 rings (SSSR count). The molecule has 5 aromatic carbocycles. The quantitative estimate of drug-likeness (QED) is 0.236. The molecule has 0 saturated carbocycles. The lowest BCUT2D eigenvalue weighted by Crippen LogP contribution is -1.90. The van der Waals surface area contributed by atoms with Gasteiger partial charge in [0, 0.05) is 28.1 Å². The Bertz CT molecular complexity index is 2030. The fourth-order valence-corrected chi connectivity index (χ4v) is 5.31. The van der Waals surface area contributed by atoms with Crippen molar-refractivity contribution in [3.63, 3.8) is 0 Å². The Hall–Kier alpha value is -5.33. The van der Waals surface area contributed by atoms with Crippen LogP contribution in [0.5, 0.6) is 0 Å². The maximum Gasteiger partial charge on any atom is 0.0998 e. The van der Waals surface area contributed by atoms with Gasteiger partial charge in [0.15, 0.2) is 0 Å². The number of rotatable bonds is 3. The van der Waals surface area contributed by atoms with Gasteiger partial charge in [-0.25, -0.2) is 4.98 Å². The number of benzene rings is 5. The zero-order valence-corrected chi connectivity index (χ0v) is 20.5. The first-order chi connectivity index (χ1) is 18.8. The fraction of sp³-hybridized carbons (Fsp3) is 0. The van der Waals surface area contributed by atoms with Crippen molar-refractivity contribution < 1.29 is 0 Å². The standard InChI is InChI=1S/C35H21N3/c36-22-27-6-1-2-8-28(27)32-19-18-29(30-9-3-4-10-31(30)32)23-11-13-24(14-12-23)33-20-17-26-16-15-25-7-5-21-37-34(25)35(26)38-33/h1-21H. The third kappa shape index (κ3) is 3.59. The molecular weight excluding hydrogens is 462 g/mol. The summed E-state index contributed by atoms with van der Waals surface area (Å²) in [5.41, 5.74) is 8.84. The highest BCUT2D eigenvalue weighted by Crippen LogP contribution is 2.37. The molecule has 0 aliphatic carbocycles. The van der Waals surface area contributed by atoms with E-state index in [1.165, 1.54) is 0 Å². The van der Waals surface area contributed by atoms with Gasteiger partial charge in [0.2, 0.25) is 0 Å². The van der Waals surface area contributed by atoms with Gasteiger partial charge in [-0.3, -0.25) is 4.98 Å². The van der Waals surface area contributed by atoms with Crippen molar-refractivity contribution in [2.75, 3.05) is 0 Å². The molecule has 7 aromatic rings. The Kier molecular flexibility index (Phi) is 5.17. The summed E-state index contributed by atoms with van der Waals surface area (Å²) in [6.45, 7) is 0. The first kappa shape index (κ1) is 21.9. The van der Waals surface area contributed by atoms with E-state index in [0.717, 1.165) is 66.1 Å². The Morgan fingerprint density at radius 3 is 1.97 bits per heavy atom. The van der Waals surface area contributed by atoms with Gasteiger partial charge in [0.05, 0.1) is 28.4 Å². The van der Waals surface area contributed by atoms with Crippen LogP contribution in [0.1, 0.15) is 5.56 Å². The van der Waals surface area contributed by atoms with Crippen molar-refractivity contribution in [3.8, 4) is 39.6 Å². The molecule has 38 heavy (non-hydrogen) atoms. The van der Waals surface area contributed by atoms with Gasteiger partial charge in [-0.15, -0.1) is 0 Å². The van der Waals surface area contributed by atoms with E-state index < -0.39 is 0 Å². The predicted molar refractivity (Wildman–Crippen MR) is 156 cm³/mol. The Morgan fingerprint density at radius 1 is 0.500 bits per heavy atom. The number of nitriles is 1. The van der Waals surface area contributed by atoms with E-state index in [0.29, 0.717) is 5.56 Å². The minimum absolute atomic E-state index is 0.681. The van der Waals surface area contributed by atoms with Crippen molar-refractivity contribution in [1.29, 1.82) is 5.26 Å². The van der Waals surface area contributed by atoms with Crippen molar-refractivity contribution in [2.24, 2.45) is 0 Å². The number of aromatic nitrogens is 2. The second kappa shape index (κ2) is 8.96. The van der Waals surface area contributed by atoms with Crippen LogP contribution in [0.25, 0.3) is 66.1 Å². The summed E-state index contributed by atoms with van der Waals surface area (Å²) >= 11 is 0. The minimum atomic E-state index is 0.681. The van der Waals surface area contributed by atoms with Gasteiger partial charge < -0.3 is 0 Å². The van der Waals surface area contributed by atoms with Crippen LogP contribution >= 0.6 is 0 Å². The highest BCUT2D eigenvalue weighted by atomic mass is 14.7. The van der Waals surface area contributed by atoms with Crippen LogP contribution in [0.15, 0.2) is 128 Å². The number of hydrogen-bond donors (Lipinski definition) is 0. The predicted octanol–water partition coefficient (Wildman–Crippen LogP) is 8.81. The van der Waals surface area contributed by atoms with Crippen molar-refractivity contribution in [3.05, 3.63) is 133 Å². The van der Waals surface area contributed by atoms with Crippen LogP contribution in [0.3, 0.4) is 0 Å². The van der Waals surface area contributed by atoms with Crippen LogP contribution in [-0.4, -0.2) is 9.97 Å².